The lowest BCUT2D eigenvalue weighted by atomic mass is 10.0. The van der Waals surface area contributed by atoms with E-state index in [9.17, 15) is 39.0 Å². The molecule has 0 bridgehead atoms. The smallest absolute Gasteiger partial charge is 0.322 e. The quantitative estimate of drug-likeness (QED) is 0.0762. The van der Waals surface area contributed by atoms with Gasteiger partial charge in [0.2, 0.25) is 11.8 Å². The summed E-state index contributed by atoms with van der Waals surface area (Å²) in [6.45, 7) is -0.766. The molecule has 0 aliphatic heterocycles. The molecule has 0 spiro atoms. The zero-order chi connectivity index (χ0) is 26.7. The normalized spacial score (nSPS) is 13.2. The first-order chi connectivity index (χ1) is 16.3. The Kier molecular flexibility index (Phi) is 11.5. The van der Waals surface area contributed by atoms with Crippen LogP contribution in [0.1, 0.15) is 29.6 Å². The molecule has 0 aliphatic carbocycles. The van der Waals surface area contributed by atoms with Crippen LogP contribution in [0.3, 0.4) is 0 Å². The Hall–Kier alpha value is -3.85. The molecule has 15 heteroatoms. The summed E-state index contributed by atoms with van der Waals surface area (Å²) >= 11 is 0.639. The molecule has 192 valence electrons. The highest BCUT2D eigenvalue weighted by Crippen LogP contribution is 2.27. The topological polar surface area (TPSA) is 259 Å². The molecular weight excluding hydrogens is 488 g/mol. The number of ketones is 1. The number of carboxylic acids is 3. The fourth-order valence-electron chi connectivity index (χ4n) is 2.65. The van der Waals surface area contributed by atoms with E-state index in [0.717, 1.165) is 0 Å². The summed E-state index contributed by atoms with van der Waals surface area (Å²) in [5, 5.41) is 39.7. The second-order valence-electron chi connectivity index (χ2n) is 7.24. The number of hydrogen-bond acceptors (Lipinski definition) is 10. The van der Waals surface area contributed by atoms with Gasteiger partial charge in [-0.25, -0.2) is 0 Å². The van der Waals surface area contributed by atoms with Gasteiger partial charge in [0.05, 0.1) is 5.69 Å². The fraction of sp³-hybridized carbons (Fsp3) is 0.400. The number of carbonyl (C=O) groups excluding carboxylic acids is 3. The lowest BCUT2D eigenvalue weighted by Crippen LogP contribution is -2.50. The van der Waals surface area contributed by atoms with Crippen molar-refractivity contribution in [3.05, 3.63) is 23.8 Å². The van der Waals surface area contributed by atoms with Crippen LogP contribution in [-0.2, 0) is 24.0 Å². The van der Waals surface area contributed by atoms with Gasteiger partial charge >= 0.3 is 17.9 Å². The molecule has 1 rings (SSSR count). The monoisotopic (exact) mass is 514 g/mol. The van der Waals surface area contributed by atoms with Crippen LogP contribution in [0.15, 0.2) is 18.2 Å². The van der Waals surface area contributed by atoms with Gasteiger partial charge in [0.1, 0.15) is 29.6 Å². The first-order valence-corrected chi connectivity index (χ1v) is 11.1. The lowest BCUT2D eigenvalue weighted by molar-refractivity contribution is -0.139. The zero-order valence-electron chi connectivity index (χ0n) is 18.3. The van der Waals surface area contributed by atoms with Crippen LogP contribution in [-0.4, -0.2) is 85.6 Å². The van der Waals surface area contributed by atoms with Crippen LogP contribution in [0.5, 0.6) is 5.75 Å². The Balaban J connectivity index is 2.90. The number of nitrogens with one attached hydrogen (secondary N) is 2. The number of phenols is 1. The van der Waals surface area contributed by atoms with Crippen LogP contribution >= 0.6 is 11.8 Å². The largest absolute Gasteiger partial charge is 0.506 e. The number of Topliss-reactive ketones (excluding diaryl/α,β-unsaturated/α-hetero) is 1. The van der Waals surface area contributed by atoms with Gasteiger partial charge in [-0.2, -0.15) is 0 Å². The van der Waals surface area contributed by atoms with E-state index in [1.807, 2.05) is 0 Å². The van der Waals surface area contributed by atoms with Gasteiger partial charge < -0.3 is 42.5 Å². The third-order valence-corrected chi connectivity index (χ3v) is 5.86. The van der Waals surface area contributed by atoms with Crippen LogP contribution in [0.4, 0.5) is 5.69 Å². The standard InChI is InChI=1S/C20H26N4O10S/c21-10(19(31)32)4-5-15(27)24-11(18(30)23-7-16(28)29)8-35-14(20(33)34)6-13(26)9-2-1-3-12(25)17(9)22/h1-3,10-11,14,25H,4-8,21-22H2,(H,23,30)(H,24,27)(H,28,29)(H,31,32)(H,33,34)/t10-,11+,14?/m1/s1. The van der Waals surface area contributed by atoms with Crippen LogP contribution in [0.2, 0.25) is 0 Å². The number of aliphatic carboxylic acids is 3. The summed E-state index contributed by atoms with van der Waals surface area (Å²) in [7, 11) is 0. The van der Waals surface area contributed by atoms with E-state index in [0.29, 0.717) is 11.8 Å². The molecule has 3 atom stereocenters. The highest BCUT2D eigenvalue weighted by Gasteiger charge is 2.28. The summed E-state index contributed by atoms with van der Waals surface area (Å²) in [5.74, 6) is -7.18. The van der Waals surface area contributed by atoms with Crippen molar-refractivity contribution >= 4 is 53.0 Å². The van der Waals surface area contributed by atoms with E-state index < -0.39 is 65.8 Å². The van der Waals surface area contributed by atoms with Crippen molar-refractivity contribution in [1.29, 1.82) is 0 Å². The van der Waals surface area contributed by atoms with Gasteiger partial charge in [-0.3, -0.25) is 28.8 Å². The number of anilines is 1. The third-order valence-electron chi connectivity index (χ3n) is 4.56. The number of carbonyl (C=O) groups is 6. The van der Waals surface area contributed by atoms with Gasteiger partial charge in [0.15, 0.2) is 5.78 Å². The SMILES string of the molecule is Nc1c(O)cccc1C(=O)CC(SC[C@H](NC(=O)CC[C@@H](N)C(=O)O)C(=O)NCC(=O)O)C(=O)O. The minimum absolute atomic E-state index is 0.0873. The van der Waals surface area contributed by atoms with E-state index in [1.165, 1.54) is 18.2 Å². The molecule has 0 aliphatic rings. The molecule has 2 amide bonds. The number of benzene rings is 1. The maximum absolute atomic E-state index is 12.5. The van der Waals surface area contributed by atoms with Gasteiger partial charge in [-0.05, 0) is 18.6 Å². The summed E-state index contributed by atoms with van der Waals surface area (Å²) in [6.07, 6.45) is -1.16. The molecule has 1 unspecified atom stereocenters. The Bertz CT molecular complexity index is 987. The highest BCUT2D eigenvalue weighted by molar-refractivity contribution is 8.00. The summed E-state index contributed by atoms with van der Waals surface area (Å²) < 4.78 is 0. The average Bonchev–Trinajstić information content (AvgIpc) is 2.78. The molecule has 0 saturated heterocycles. The number of rotatable bonds is 15. The van der Waals surface area contributed by atoms with Crippen LogP contribution in [0, 0.1) is 0 Å². The summed E-state index contributed by atoms with van der Waals surface area (Å²) in [6, 6.07) is 1.21. The molecule has 0 aromatic heterocycles. The zero-order valence-corrected chi connectivity index (χ0v) is 19.1. The number of para-hydroxylation sites is 1. The van der Waals surface area contributed by atoms with Gasteiger partial charge in [0, 0.05) is 24.2 Å². The van der Waals surface area contributed by atoms with Crippen LogP contribution in [0.25, 0.3) is 0 Å². The number of nitrogens with two attached hydrogens (primary N) is 2. The second-order valence-corrected chi connectivity index (χ2v) is 8.48. The Morgan fingerprint density at radius 2 is 1.69 bits per heavy atom. The van der Waals surface area contributed by atoms with Crippen molar-refractivity contribution < 1.29 is 49.2 Å². The van der Waals surface area contributed by atoms with Gasteiger partial charge in [-0.1, -0.05) is 6.07 Å². The predicted molar refractivity (Wildman–Crippen MR) is 123 cm³/mol. The predicted octanol–water partition coefficient (Wildman–Crippen LogP) is -1.39. The highest BCUT2D eigenvalue weighted by atomic mass is 32.2. The Morgan fingerprint density at radius 1 is 1.03 bits per heavy atom. The molecule has 14 nitrogen and oxygen atoms in total. The van der Waals surface area contributed by atoms with E-state index in [2.05, 4.69) is 10.6 Å². The third kappa shape index (κ3) is 9.89. The minimum Gasteiger partial charge on any atom is -0.506 e. The second kappa shape index (κ2) is 13.8. The van der Waals surface area contributed by atoms with E-state index >= 15 is 0 Å². The molecule has 0 fully saturated rings. The number of nitrogen functional groups attached to an aromatic ring is 1. The van der Waals surface area contributed by atoms with E-state index in [4.69, 9.17) is 21.7 Å². The van der Waals surface area contributed by atoms with Crippen molar-refractivity contribution in [1.82, 2.24) is 10.6 Å². The van der Waals surface area contributed by atoms with Crippen molar-refractivity contribution in [2.45, 2.75) is 36.6 Å². The van der Waals surface area contributed by atoms with Crippen LogP contribution < -0.4 is 22.1 Å². The molecule has 0 heterocycles. The molecule has 35 heavy (non-hydrogen) atoms. The average molecular weight is 515 g/mol. The molecule has 1 aromatic rings. The van der Waals surface area contributed by atoms with Gasteiger partial charge in [-0.15, -0.1) is 11.8 Å². The maximum atomic E-state index is 12.5. The number of thioether (sulfide) groups is 1. The summed E-state index contributed by atoms with van der Waals surface area (Å²) in [5.41, 5.74) is 10.7. The number of amides is 2. The molecular formula is C20H26N4O10S. The molecule has 0 radical (unpaired) electrons. The molecule has 10 N–H and O–H groups in total. The lowest BCUT2D eigenvalue weighted by Gasteiger charge is -2.20. The minimum atomic E-state index is -1.40. The summed E-state index contributed by atoms with van der Waals surface area (Å²) in [4.78, 5) is 70.2. The van der Waals surface area contributed by atoms with E-state index in [-0.39, 0.29) is 35.6 Å². The van der Waals surface area contributed by atoms with Crippen molar-refractivity contribution in [2.24, 2.45) is 5.73 Å². The first-order valence-electron chi connectivity index (χ1n) is 10.1. The van der Waals surface area contributed by atoms with Gasteiger partial charge in [0.25, 0.3) is 0 Å². The number of aromatic hydroxyl groups is 1. The number of carboxylic acid groups (broad SMARTS) is 3. The van der Waals surface area contributed by atoms with Crippen molar-refractivity contribution in [3.8, 4) is 5.75 Å². The number of hydrogen-bond donors (Lipinski definition) is 8. The van der Waals surface area contributed by atoms with E-state index in [1.54, 1.807) is 0 Å². The fourth-order valence-corrected chi connectivity index (χ4v) is 3.72. The maximum Gasteiger partial charge on any atom is 0.322 e. The number of phenolic OH excluding ortho intramolecular Hbond substituents is 1. The first kappa shape index (κ1) is 29.2. The Morgan fingerprint density at radius 3 is 2.26 bits per heavy atom. The Labute approximate surface area is 203 Å². The van der Waals surface area contributed by atoms with Crippen molar-refractivity contribution in [3.63, 3.8) is 0 Å². The molecule has 0 saturated carbocycles. The molecule has 1 aromatic carbocycles. The van der Waals surface area contributed by atoms with Crippen molar-refractivity contribution in [2.75, 3.05) is 18.0 Å².